The molecule has 0 aromatic carbocycles. The molecule has 5 heteroatoms. The normalized spacial score (nSPS) is 18.7. The van der Waals surface area contributed by atoms with Crippen LogP contribution in [0, 0.1) is 0 Å². The monoisotopic (exact) mass is 229 g/mol. The van der Waals surface area contributed by atoms with Crippen LogP contribution in [-0.4, -0.2) is 35.2 Å². The molecule has 0 aliphatic heterocycles. The molecule has 0 aromatic heterocycles. The first-order valence-corrected chi connectivity index (χ1v) is 5.41. The molecule has 5 nitrogen and oxygen atoms in total. The second-order valence-corrected chi connectivity index (χ2v) is 4.90. The van der Waals surface area contributed by atoms with Crippen molar-refractivity contribution in [3.63, 3.8) is 0 Å². The van der Waals surface area contributed by atoms with E-state index in [2.05, 4.69) is 5.32 Å². The maximum absolute atomic E-state index is 11.7. The number of hydrogen-bond donors (Lipinski definition) is 2. The summed E-state index contributed by atoms with van der Waals surface area (Å²) in [6.45, 7) is 2.93. The van der Waals surface area contributed by atoms with Crippen molar-refractivity contribution < 1.29 is 19.4 Å². The number of carbonyl (C=O) groups is 2. The fourth-order valence-corrected chi connectivity index (χ4v) is 1.76. The molecule has 0 bridgehead atoms. The molecule has 0 heterocycles. The fraction of sp³-hybridized carbons (Fsp3) is 0.818. The minimum Gasteiger partial charge on any atom is -0.480 e. The summed E-state index contributed by atoms with van der Waals surface area (Å²) >= 11 is 0. The zero-order valence-electron chi connectivity index (χ0n) is 10.0. The Hall–Kier alpha value is -1.10. The van der Waals surface area contributed by atoms with Crippen LogP contribution in [-0.2, 0) is 14.3 Å². The fourth-order valence-electron chi connectivity index (χ4n) is 1.76. The summed E-state index contributed by atoms with van der Waals surface area (Å²) in [7, 11) is 1.59. The van der Waals surface area contributed by atoms with Gasteiger partial charge in [-0.1, -0.05) is 0 Å². The third-order valence-corrected chi connectivity index (χ3v) is 3.17. The van der Waals surface area contributed by atoms with Crippen LogP contribution in [0.2, 0.25) is 0 Å². The van der Waals surface area contributed by atoms with E-state index >= 15 is 0 Å². The van der Waals surface area contributed by atoms with Crippen LogP contribution in [0.15, 0.2) is 0 Å². The summed E-state index contributed by atoms with van der Waals surface area (Å²) in [4.78, 5) is 22.5. The van der Waals surface area contributed by atoms with Gasteiger partial charge in [0, 0.05) is 7.11 Å². The van der Waals surface area contributed by atoms with E-state index in [1.807, 2.05) is 0 Å². The van der Waals surface area contributed by atoms with Crippen LogP contribution in [0.25, 0.3) is 0 Å². The second kappa shape index (κ2) is 4.41. The smallest absolute Gasteiger partial charge is 0.328 e. The molecule has 0 aromatic rings. The highest BCUT2D eigenvalue weighted by atomic mass is 16.5. The maximum Gasteiger partial charge on any atom is 0.328 e. The Morgan fingerprint density at radius 3 is 2.31 bits per heavy atom. The van der Waals surface area contributed by atoms with Crippen molar-refractivity contribution in [1.82, 2.24) is 5.32 Å². The van der Waals surface area contributed by atoms with Crippen LogP contribution in [0.5, 0.6) is 0 Å². The molecule has 0 atom stereocenters. The molecule has 0 spiro atoms. The van der Waals surface area contributed by atoms with Gasteiger partial charge in [-0.2, -0.15) is 0 Å². The average Bonchev–Trinajstić information content (AvgIpc) is 2.10. The summed E-state index contributed by atoms with van der Waals surface area (Å²) in [6, 6.07) is 0. The van der Waals surface area contributed by atoms with Crippen LogP contribution in [0.1, 0.15) is 39.5 Å². The molecule has 16 heavy (non-hydrogen) atoms. The highest BCUT2D eigenvalue weighted by Crippen LogP contribution is 2.37. The third-order valence-electron chi connectivity index (χ3n) is 3.17. The van der Waals surface area contributed by atoms with E-state index < -0.39 is 11.5 Å². The van der Waals surface area contributed by atoms with E-state index in [9.17, 15) is 9.59 Å². The predicted molar refractivity (Wildman–Crippen MR) is 58.1 cm³/mol. The molecule has 1 rings (SSSR count). The van der Waals surface area contributed by atoms with Crippen molar-refractivity contribution in [3.05, 3.63) is 0 Å². The number of carboxylic acid groups (broad SMARTS) is 1. The molecule has 1 amide bonds. The second-order valence-electron chi connectivity index (χ2n) is 4.90. The number of aliphatic carboxylic acids is 1. The highest BCUT2D eigenvalue weighted by molar-refractivity contribution is 5.86. The Morgan fingerprint density at radius 1 is 1.44 bits per heavy atom. The molecule has 1 aliphatic carbocycles. The average molecular weight is 229 g/mol. The lowest BCUT2D eigenvalue weighted by Gasteiger charge is -2.40. The van der Waals surface area contributed by atoms with Crippen LogP contribution in [0.4, 0.5) is 0 Å². The van der Waals surface area contributed by atoms with Gasteiger partial charge in [0.25, 0.3) is 0 Å². The van der Waals surface area contributed by atoms with E-state index in [1.54, 1.807) is 7.11 Å². The Labute approximate surface area is 95.2 Å². The van der Waals surface area contributed by atoms with Gasteiger partial charge in [-0.3, -0.25) is 4.79 Å². The van der Waals surface area contributed by atoms with Crippen molar-refractivity contribution in [2.24, 2.45) is 0 Å². The van der Waals surface area contributed by atoms with Crippen molar-refractivity contribution in [2.75, 3.05) is 7.11 Å². The molecule has 0 unspecified atom stereocenters. The summed E-state index contributed by atoms with van der Waals surface area (Å²) in [6.07, 6.45) is 3.03. The van der Waals surface area contributed by atoms with E-state index in [0.717, 1.165) is 19.3 Å². The number of amides is 1. The number of hydrogen-bond acceptors (Lipinski definition) is 3. The molecular formula is C11H19NO4. The molecule has 92 valence electrons. The molecule has 2 N–H and O–H groups in total. The van der Waals surface area contributed by atoms with E-state index in [4.69, 9.17) is 9.84 Å². The number of carboxylic acids is 1. The molecule has 1 aliphatic rings. The first-order valence-electron chi connectivity index (χ1n) is 5.41. The number of methoxy groups -OCH3 is 1. The molecule has 1 fully saturated rings. The van der Waals surface area contributed by atoms with Gasteiger partial charge in [0.1, 0.15) is 5.54 Å². The topological polar surface area (TPSA) is 75.6 Å². The zero-order chi connectivity index (χ0) is 12.4. The first-order chi connectivity index (χ1) is 7.31. The van der Waals surface area contributed by atoms with Gasteiger partial charge in [0.05, 0.1) is 12.0 Å². The Bertz CT molecular complexity index is 289. The van der Waals surface area contributed by atoms with Crippen LogP contribution >= 0.6 is 0 Å². The maximum atomic E-state index is 11.7. The standard InChI is InChI=1S/C11H19NO4/c1-10(2,9(14)15)12-8(13)7-11(16-3)5-4-6-11/h4-7H2,1-3H3,(H,12,13)(H,14,15). The Kier molecular flexibility index (Phi) is 3.57. The van der Waals surface area contributed by atoms with Crippen molar-refractivity contribution in [1.29, 1.82) is 0 Å². The van der Waals surface area contributed by atoms with Crippen molar-refractivity contribution in [3.8, 4) is 0 Å². The van der Waals surface area contributed by atoms with Crippen molar-refractivity contribution in [2.45, 2.75) is 50.7 Å². The van der Waals surface area contributed by atoms with Crippen molar-refractivity contribution >= 4 is 11.9 Å². The van der Waals surface area contributed by atoms with Crippen LogP contribution < -0.4 is 5.32 Å². The van der Waals surface area contributed by atoms with Gasteiger partial charge >= 0.3 is 5.97 Å². The molecular weight excluding hydrogens is 210 g/mol. The van der Waals surface area contributed by atoms with E-state index in [0.29, 0.717) is 0 Å². The Morgan fingerprint density at radius 2 is 2.00 bits per heavy atom. The van der Waals surface area contributed by atoms with Gasteiger partial charge in [-0.25, -0.2) is 4.79 Å². The van der Waals surface area contributed by atoms with E-state index in [1.165, 1.54) is 13.8 Å². The largest absolute Gasteiger partial charge is 0.480 e. The highest BCUT2D eigenvalue weighted by Gasteiger charge is 2.40. The molecule has 0 saturated heterocycles. The lowest BCUT2D eigenvalue weighted by atomic mass is 9.77. The molecule has 0 radical (unpaired) electrons. The minimum absolute atomic E-state index is 0.236. The number of nitrogens with one attached hydrogen (secondary N) is 1. The lowest BCUT2D eigenvalue weighted by Crippen LogP contribution is -2.52. The SMILES string of the molecule is COC1(CC(=O)NC(C)(C)C(=O)O)CCC1. The van der Waals surface area contributed by atoms with Gasteiger partial charge < -0.3 is 15.2 Å². The van der Waals surface area contributed by atoms with Gasteiger partial charge in [0.15, 0.2) is 0 Å². The quantitative estimate of drug-likeness (QED) is 0.735. The first kappa shape index (κ1) is 13.0. The van der Waals surface area contributed by atoms with Gasteiger partial charge in [-0.05, 0) is 33.1 Å². The van der Waals surface area contributed by atoms with Gasteiger partial charge in [0.2, 0.25) is 5.91 Å². The predicted octanol–water partition coefficient (Wildman–Crippen LogP) is 0.925. The van der Waals surface area contributed by atoms with Crippen LogP contribution in [0.3, 0.4) is 0 Å². The minimum atomic E-state index is -1.23. The number of rotatable bonds is 5. The summed E-state index contributed by atoms with van der Waals surface area (Å²) < 4.78 is 5.31. The lowest BCUT2D eigenvalue weighted by molar-refractivity contribution is -0.148. The molecule has 1 saturated carbocycles. The zero-order valence-corrected chi connectivity index (χ0v) is 10.0. The van der Waals surface area contributed by atoms with E-state index in [-0.39, 0.29) is 17.9 Å². The Balaban J connectivity index is 2.50. The number of ether oxygens (including phenoxy) is 1. The summed E-state index contributed by atoms with van der Waals surface area (Å²) in [5.41, 5.74) is -1.59. The van der Waals surface area contributed by atoms with Gasteiger partial charge in [-0.15, -0.1) is 0 Å². The third kappa shape index (κ3) is 2.72. The summed E-state index contributed by atoms with van der Waals surface area (Å²) in [5, 5.41) is 11.4. The number of carbonyl (C=O) groups excluding carboxylic acids is 1. The summed E-state index contributed by atoms with van der Waals surface area (Å²) in [5.74, 6) is -1.31.